The second-order valence-corrected chi connectivity index (χ2v) is 13.0. The SMILES string of the molecule is CCOC(=O)O[C@@H]1CC[C@@]2(C)[C@@H](C1)C[C@@H](O)[C@@H]1[C@@H]2C[C@H](OC(C)=O)[C@]2(C)[C@@H]([C@H](C)CCC(=O)OC)CC[C@@H]12. The minimum absolute atomic E-state index is 0.0211. The molecular weight excluding hydrogens is 488 g/mol. The van der Waals surface area contributed by atoms with E-state index in [9.17, 15) is 19.5 Å². The summed E-state index contributed by atoms with van der Waals surface area (Å²) in [5.41, 5.74) is -0.274. The molecule has 216 valence electrons. The zero-order valence-corrected chi connectivity index (χ0v) is 24.1. The van der Waals surface area contributed by atoms with Gasteiger partial charge in [-0.2, -0.15) is 0 Å². The molecule has 0 amide bonds. The largest absolute Gasteiger partial charge is 0.508 e. The number of rotatable bonds is 7. The van der Waals surface area contributed by atoms with Crippen LogP contribution in [0.1, 0.15) is 92.4 Å². The van der Waals surface area contributed by atoms with E-state index in [1.807, 2.05) is 0 Å². The van der Waals surface area contributed by atoms with Gasteiger partial charge in [0.15, 0.2) is 0 Å². The molecule has 11 atom stereocenters. The van der Waals surface area contributed by atoms with Crippen LogP contribution in [0.4, 0.5) is 4.79 Å². The highest BCUT2D eigenvalue weighted by atomic mass is 16.7. The average molecular weight is 537 g/mol. The van der Waals surface area contributed by atoms with E-state index >= 15 is 0 Å². The van der Waals surface area contributed by atoms with E-state index in [1.165, 1.54) is 14.0 Å². The summed E-state index contributed by atoms with van der Waals surface area (Å²) in [6, 6.07) is 0. The Balaban J connectivity index is 1.59. The van der Waals surface area contributed by atoms with E-state index in [1.54, 1.807) is 6.92 Å². The van der Waals surface area contributed by atoms with Crippen LogP contribution in [0.15, 0.2) is 0 Å². The molecule has 4 fully saturated rings. The predicted molar refractivity (Wildman–Crippen MR) is 140 cm³/mol. The van der Waals surface area contributed by atoms with Gasteiger partial charge in [0.2, 0.25) is 0 Å². The summed E-state index contributed by atoms with van der Waals surface area (Å²) in [7, 11) is 1.42. The van der Waals surface area contributed by atoms with Crippen molar-refractivity contribution in [3.63, 3.8) is 0 Å². The quantitative estimate of drug-likeness (QED) is 0.345. The molecule has 0 radical (unpaired) electrons. The van der Waals surface area contributed by atoms with Crippen molar-refractivity contribution in [2.24, 2.45) is 46.3 Å². The summed E-state index contributed by atoms with van der Waals surface area (Å²) in [4.78, 5) is 36.2. The number of aliphatic hydroxyl groups excluding tert-OH is 1. The Morgan fingerprint density at radius 2 is 1.76 bits per heavy atom. The number of fused-ring (bicyclic) bond motifs is 5. The first-order valence-electron chi connectivity index (χ1n) is 14.7. The summed E-state index contributed by atoms with van der Waals surface area (Å²) in [5.74, 6) is 0.974. The van der Waals surface area contributed by atoms with Crippen LogP contribution in [-0.2, 0) is 28.5 Å². The smallest absolute Gasteiger partial charge is 0.469 e. The van der Waals surface area contributed by atoms with Crippen LogP contribution < -0.4 is 0 Å². The van der Waals surface area contributed by atoms with Crippen molar-refractivity contribution in [3.05, 3.63) is 0 Å². The first-order chi connectivity index (χ1) is 17.9. The lowest BCUT2D eigenvalue weighted by molar-refractivity contribution is -0.217. The molecule has 0 heterocycles. The zero-order valence-electron chi connectivity index (χ0n) is 24.1. The van der Waals surface area contributed by atoms with Crippen LogP contribution in [0.2, 0.25) is 0 Å². The Kier molecular flexibility index (Phi) is 8.70. The fraction of sp³-hybridized carbons (Fsp3) is 0.900. The number of ether oxygens (including phenoxy) is 4. The van der Waals surface area contributed by atoms with Crippen molar-refractivity contribution in [1.29, 1.82) is 0 Å². The van der Waals surface area contributed by atoms with Gasteiger partial charge in [-0.3, -0.25) is 9.59 Å². The van der Waals surface area contributed by atoms with Crippen molar-refractivity contribution >= 4 is 18.1 Å². The van der Waals surface area contributed by atoms with Crippen LogP contribution in [0.5, 0.6) is 0 Å². The standard InChI is InChI=1S/C30H48O8/c1-7-36-28(34)38-20-12-13-29(4)19(14-20)15-24(32)27-22-10-9-21(17(2)8-11-26(33)35-6)30(22,5)25(16-23(27)29)37-18(3)31/h17,19-25,27,32H,7-16H2,1-6H3/t17-,19+,20-,21-,22+,23+,24-,25+,27+,29+,30-/m1/s1. The van der Waals surface area contributed by atoms with Gasteiger partial charge in [-0.1, -0.05) is 20.8 Å². The maximum Gasteiger partial charge on any atom is 0.508 e. The highest BCUT2D eigenvalue weighted by molar-refractivity contribution is 5.69. The van der Waals surface area contributed by atoms with E-state index in [4.69, 9.17) is 18.9 Å². The Hall–Kier alpha value is -1.83. The topological polar surface area (TPSA) is 108 Å². The number of hydrogen-bond acceptors (Lipinski definition) is 8. The monoisotopic (exact) mass is 536 g/mol. The Bertz CT molecular complexity index is 889. The van der Waals surface area contributed by atoms with Crippen molar-refractivity contribution in [3.8, 4) is 0 Å². The molecule has 0 bridgehead atoms. The number of hydrogen-bond donors (Lipinski definition) is 1. The number of carbonyl (C=O) groups is 3. The molecule has 8 nitrogen and oxygen atoms in total. The van der Waals surface area contributed by atoms with Gasteiger partial charge in [0, 0.05) is 18.8 Å². The van der Waals surface area contributed by atoms with Gasteiger partial charge < -0.3 is 24.1 Å². The lowest BCUT2D eigenvalue weighted by Crippen LogP contribution is -2.63. The van der Waals surface area contributed by atoms with Crippen molar-refractivity contribution in [1.82, 2.24) is 0 Å². The van der Waals surface area contributed by atoms with E-state index < -0.39 is 12.3 Å². The first kappa shape index (κ1) is 29.2. The second kappa shape index (κ2) is 11.3. The predicted octanol–water partition coefficient (Wildman–Crippen LogP) is 5.29. The third-order valence-corrected chi connectivity index (χ3v) is 11.3. The van der Waals surface area contributed by atoms with Gasteiger partial charge in [-0.15, -0.1) is 0 Å². The molecule has 1 N–H and O–H groups in total. The number of esters is 2. The summed E-state index contributed by atoms with van der Waals surface area (Å²) >= 11 is 0. The first-order valence-corrected chi connectivity index (χ1v) is 14.7. The molecule has 0 aromatic carbocycles. The van der Waals surface area contributed by atoms with E-state index in [0.717, 1.165) is 44.9 Å². The molecule has 8 heteroatoms. The summed E-state index contributed by atoms with van der Waals surface area (Å²) in [5, 5.41) is 11.7. The third-order valence-electron chi connectivity index (χ3n) is 11.3. The van der Waals surface area contributed by atoms with Crippen LogP contribution >= 0.6 is 0 Å². The molecule has 0 aromatic rings. The third kappa shape index (κ3) is 5.18. The minimum atomic E-state index is -0.614. The minimum Gasteiger partial charge on any atom is -0.469 e. The van der Waals surface area contributed by atoms with Crippen LogP contribution in [-0.4, -0.2) is 55.2 Å². The molecule has 0 saturated heterocycles. The van der Waals surface area contributed by atoms with Crippen LogP contribution in [0.3, 0.4) is 0 Å². The van der Waals surface area contributed by atoms with Crippen LogP contribution in [0, 0.1) is 46.3 Å². The van der Waals surface area contributed by atoms with Crippen molar-refractivity contribution < 1.29 is 38.4 Å². The molecule has 0 aromatic heterocycles. The highest BCUT2D eigenvalue weighted by Crippen LogP contribution is 2.69. The molecular formula is C30H48O8. The van der Waals surface area contributed by atoms with E-state index in [-0.39, 0.29) is 71.2 Å². The average Bonchev–Trinajstić information content (AvgIpc) is 3.21. The molecule has 0 unspecified atom stereocenters. The highest BCUT2D eigenvalue weighted by Gasteiger charge is 2.67. The summed E-state index contributed by atoms with van der Waals surface area (Å²) in [6.07, 6.45) is 5.51. The maximum atomic E-state index is 12.4. The molecule has 4 saturated carbocycles. The van der Waals surface area contributed by atoms with Crippen molar-refractivity contribution in [2.75, 3.05) is 13.7 Å². The Labute approximate surface area is 227 Å². The van der Waals surface area contributed by atoms with Gasteiger partial charge in [0.25, 0.3) is 0 Å². The van der Waals surface area contributed by atoms with Gasteiger partial charge in [0.05, 0.1) is 19.8 Å². The van der Waals surface area contributed by atoms with Gasteiger partial charge in [-0.05, 0) is 99.2 Å². The Morgan fingerprint density at radius 1 is 1.03 bits per heavy atom. The lowest BCUT2D eigenvalue weighted by Gasteiger charge is -2.64. The number of methoxy groups -OCH3 is 1. The number of carbonyl (C=O) groups excluding carboxylic acids is 3. The Morgan fingerprint density at radius 3 is 2.42 bits per heavy atom. The zero-order chi connectivity index (χ0) is 27.8. The lowest BCUT2D eigenvalue weighted by atomic mass is 9.43. The van der Waals surface area contributed by atoms with Gasteiger partial charge in [-0.25, -0.2) is 4.79 Å². The molecule has 0 spiro atoms. The molecule has 0 aliphatic heterocycles. The fourth-order valence-electron chi connectivity index (χ4n) is 9.51. The molecule has 4 aliphatic rings. The molecule has 38 heavy (non-hydrogen) atoms. The van der Waals surface area contributed by atoms with Gasteiger partial charge >= 0.3 is 18.1 Å². The molecule has 4 aliphatic carbocycles. The van der Waals surface area contributed by atoms with E-state index in [2.05, 4.69) is 20.8 Å². The summed E-state index contributed by atoms with van der Waals surface area (Å²) in [6.45, 7) is 10.4. The van der Waals surface area contributed by atoms with E-state index in [0.29, 0.717) is 18.8 Å². The molecule has 4 rings (SSSR count). The van der Waals surface area contributed by atoms with Crippen molar-refractivity contribution in [2.45, 2.75) is 111 Å². The number of aliphatic hydroxyl groups is 1. The van der Waals surface area contributed by atoms with Gasteiger partial charge in [0.1, 0.15) is 12.2 Å². The second-order valence-electron chi connectivity index (χ2n) is 13.0. The summed E-state index contributed by atoms with van der Waals surface area (Å²) < 4.78 is 21.6. The fourth-order valence-corrected chi connectivity index (χ4v) is 9.51. The normalized spacial score (nSPS) is 42.6. The maximum absolute atomic E-state index is 12.4. The van der Waals surface area contributed by atoms with Crippen LogP contribution in [0.25, 0.3) is 0 Å².